The Labute approximate surface area is 279 Å². The van der Waals surface area contributed by atoms with E-state index in [4.69, 9.17) is 9.72 Å². The topological polar surface area (TPSA) is 94.6 Å². The predicted octanol–water partition coefficient (Wildman–Crippen LogP) is 7.88. The first kappa shape index (κ1) is 32.9. The van der Waals surface area contributed by atoms with Crippen molar-refractivity contribution in [3.05, 3.63) is 88.5 Å². The first-order chi connectivity index (χ1) is 22.3. The lowest BCUT2D eigenvalue weighted by atomic mass is 9.81. The van der Waals surface area contributed by atoms with Crippen molar-refractivity contribution in [3.8, 4) is 22.5 Å². The number of hydrogen-bond donors (Lipinski definition) is 2. The maximum absolute atomic E-state index is 12.8. The summed E-state index contributed by atoms with van der Waals surface area (Å²) in [5.41, 5.74) is 9.83. The molecular weight excluding hydrogens is 586 g/mol. The maximum atomic E-state index is 12.8. The van der Waals surface area contributed by atoms with E-state index in [0.29, 0.717) is 11.3 Å². The zero-order valence-corrected chi connectivity index (χ0v) is 29.0. The molecule has 6 rings (SSSR count). The molecule has 0 radical (unpaired) electrons. The Morgan fingerprint density at radius 2 is 1.72 bits per heavy atom. The van der Waals surface area contributed by atoms with E-state index < -0.39 is 17.7 Å². The monoisotopic (exact) mass is 635 g/mol. The zero-order chi connectivity index (χ0) is 33.5. The fourth-order valence-electron chi connectivity index (χ4n) is 7.08. The number of carbonyl (C=O) groups is 1. The summed E-state index contributed by atoms with van der Waals surface area (Å²) in [4.78, 5) is 30.8. The molecule has 2 aromatic heterocycles. The van der Waals surface area contributed by atoms with Crippen molar-refractivity contribution in [2.75, 3.05) is 24.5 Å². The zero-order valence-electron chi connectivity index (χ0n) is 29.0. The molecule has 8 nitrogen and oxygen atoms in total. The second kappa shape index (κ2) is 12.9. The first-order valence-electron chi connectivity index (χ1n) is 16.9. The van der Waals surface area contributed by atoms with Gasteiger partial charge in [0.1, 0.15) is 5.82 Å². The largest absolute Gasteiger partial charge is 0.479 e. The number of aliphatic carboxylic acids is 1. The van der Waals surface area contributed by atoms with Gasteiger partial charge in [-0.15, -0.1) is 0 Å². The van der Waals surface area contributed by atoms with Crippen molar-refractivity contribution in [1.82, 2.24) is 19.9 Å². The lowest BCUT2D eigenvalue weighted by Crippen LogP contribution is -2.39. The van der Waals surface area contributed by atoms with Crippen LogP contribution in [0.25, 0.3) is 22.5 Å². The van der Waals surface area contributed by atoms with Crippen LogP contribution in [0.5, 0.6) is 0 Å². The smallest absolute Gasteiger partial charge is 0.337 e. The molecule has 0 spiro atoms. The molecule has 248 valence electrons. The molecule has 2 aromatic carbocycles. The Morgan fingerprint density at radius 1 is 1.00 bits per heavy atom. The highest BCUT2D eigenvalue weighted by atomic mass is 16.5. The Morgan fingerprint density at radius 3 is 2.40 bits per heavy atom. The maximum Gasteiger partial charge on any atom is 0.337 e. The number of hydrogen-bond acceptors (Lipinski definition) is 6. The van der Waals surface area contributed by atoms with Gasteiger partial charge in [-0.2, -0.15) is 0 Å². The lowest BCUT2D eigenvalue weighted by Gasteiger charge is -2.41. The third-order valence-electron chi connectivity index (χ3n) is 9.63. The molecule has 4 heterocycles. The summed E-state index contributed by atoms with van der Waals surface area (Å²) < 4.78 is 6.27. The van der Waals surface area contributed by atoms with Gasteiger partial charge in [-0.25, -0.2) is 9.78 Å². The SMILES string of the molecule is Cc1nc(C)c([C@H](OC(C)(C)C)C(=O)O)c(N2CCC(C)(C)CC2)c1-c1ccc2c(c1)CCN(Cc1cnc(-c3ccccc3)[nH]1)C2. The second-order valence-electron chi connectivity index (χ2n) is 15.1. The Balaban J connectivity index is 1.34. The third-order valence-corrected chi connectivity index (χ3v) is 9.63. The summed E-state index contributed by atoms with van der Waals surface area (Å²) >= 11 is 0. The molecule has 2 N–H and O–H groups in total. The average Bonchev–Trinajstić information content (AvgIpc) is 3.48. The van der Waals surface area contributed by atoms with Crippen molar-refractivity contribution < 1.29 is 14.6 Å². The fourth-order valence-corrected chi connectivity index (χ4v) is 7.08. The quantitative estimate of drug-likeness (QED) is 0.203. The molecule has 2 aliphatic heterocycles. The lowest BCUT2D eigenvalue weighted by molar-refractivity contribution is -0.160. The molecule has 8 heteroatoms. The molecule has 0 unspecified atom stereocenters. The number of imidazole rings is 1. The first-order valence-corrected chi connectivity index (χ1v) is 16.9. The van der Waals surface area contributed by atoms with Crippen LogP contribution >= 0.6 is 0 Å². The number of anilines is 1. The average molecular weight is 636 g/mol. The Hall–Kier alpha value is -4.01. The molecule has 0 saturated carbocycles. The summed E-state index contributed by atoms with van der Waals surface area (Å²) in [6.45, 7) is 18.7. The minimum atomic E-state index is -1.12. The Bertz CT molecular complexity index is 1740. The highest BCUT2D eigenvalue weighted by Gasteiger charge is 2.36. The number of pyridine rings is 1. The molecule has 2 aliphatic rings. The van der Waals surface area contributed by atoms with Crippen LogP contribution in [-0.4, -0.2) is 56.2 Å². The molecular formula is C39H49N5O3. The number of nitrogens with one attached hydrogen (secondary N) is 1. The molecule has 0 amide bonds. The number of H-pyrrole nitrogens is 1. The van der Waals surface area contributed by atoms with E-state index in [1.165, 1.54) is 11.1 Å². The summed E-state index contributed by atoms with van der Waals surface area (Å²) in [5, 5.41) is 10.5. The standard InChI is InChI=1S/C39H49N5O3/c1-25-32(34(44-19-16-39(6,7)17-20-44)33(26(2)41-25)35(37(45)46)47-38(3,4)5)29-13-14-30-23-43(18-15-28(30)21-29)24-31-22-40-36(42-31)27-11-9-8-10-12-27/h8-14,21-22,35H,15-20,23-24H2,1-7H3,(H,40,42)(H,45,46)/t35-/m0/s1. The number of ether oxygens (including phenoxy) is 1. The molecule has 0 aliphatic carbocycles. The second-order valence-corrected chi connectivity index (χ2v) is 15.1. The number of piperidine rings is 1. The fraction of sp³-hybridized carbons (Fsp3) is 0.462. The minimum absolute atomic E-state index is 0.249. The molecule has 47 heavy (non-hydrogen) atoms. The highest BCUT2D eigenvalue weighted by molar-refractivity contribution is 5.88. The van der Waals surface area contributed by atoms with Crippen molar-refractivity contribution in [2.24, 2.45) is 5.41 Å². The van der Waals surface area contributed by atoms with Crippen LogP contribution in [0.2, 0.25) is 0 Å². The minimum Gasteiger partial charge on any atom is -0.479 e. The normalized spacial score (nSPS) is 17.4. The third kappa shape index (κ3) is 7.29. The van der Waals surface area contributed by atoms with Crippen molar-refractivity contribution >= 4 is 11.7 Å². The summed E-state index contributed by atoms with van der Waals surface area (Å²) in [5.74, 6) is -0.0906. The molecule has 0 bridgehead atoms. The van der Waals surface area contributed by atoms with Crippen LogP contribution in [0.15, 0.2) is 54.7 Å². The van der Waals surface area contributed by atoms with E-state index in [9.17, 15) is 9.90 Å². The molecule has 1 saturated heterocycles. The van der Waals surface area contributed by atoms with Gasteiger partial charge in [-0.1, -0.05) is 62.4 Å². The van der Waals surface area contributed by atoms with Gasteiger partial charge in [-0.05, 0) is 76.0 Å². The van der Waals surface area contributed by atoms with E-state index >= 15 is 0 Å². The number of aryl methyl sites for hydroxylation is 2. The van der Waals surface area contributed by atoms with Crippen LogP contribution in [0.1, 0.15) is 87.3 Å². The van der Waals surface area contributed by atoms with E-state index in [-0.39, 0.29) is 5.41 Å². The van der Waals surface area contributed by atoms with Crippen LogP contribution < -0.4 is 4.90 Å². The van der Waals surface area contributed by atoms with Gasteiger partial charge in [0.05, 0.1) is 11.3 Å². The van der Waals surface area contributed by atoms with Crippen molar-refractivity contribution in [3.63, 3.8) is 0 Å². The van der Waals surface area contributed by atoms with E-state index in [0.717, 1.165) is 91.6 Å². The van der Waals surface area contributed by atoms with Gasteiger partial charge in [0.25, 0.3) is 0 Å². The van der Waals surface area contributed by atoms with Gasteiger partial charge in [0, 0.05) is 72.7 Å². The predicted molar refractivity (Wildman–Crippen MR) is 187 cm³/mol. The molecule has 4 aromatic rings. The van der Waals surface area contributed by atoms with Crippen molar-refractivity contribution in [2.45, 2.75) is 92.5 Å². The van der Waals surface area contributed by atoms with Crippen LogP contribution in [0.4, 0.5) is 5.69 Å². The van der Waals surface area contributed by atoms with E-state index in [1.807, 2.05) is 52.1 Å². The van der Waals surface area contributed by atoms with Gasteiger partial charge in [0.15, 0.2) is 6.10 Å². The van der Waals surface area contributed by atoms with Gasteiger partial charge >= 0.3 is 5.97 Å². The summed E-state index contributed by atoms with van der Waals surface area (Å²) in [6.07, 6.45) is 3.83. The van der Waals surface area contributed by atoms with Crippen molar-refractivity contribution in [1.29, 1.82) is 0 Å². The summed E-state index contributed by atoms with van der Waals surface area (Å²) in [6, 6.07) is 17.0. The molecule has 1 atom stereocenters. The highest BCUT2D eigenvalue weighted by Crippen LogP contribution is 2.45. The van der Waals surface area contributed by atoms with Crippen LogP contribution in [0, 0.1) is 19.3 Å². The van der Waals surface area contributed by atoms with Crippen LogP contribution in [0.3, 0.4) is 0 Å². The number of carboxylic acid groups (broad SMARTS) is 1. The van der Waals surface area contributed by atoms with E-state index in [1.54, 1.807) is 0 Å². The summed E-state index contributed by atoms with van der Waals surface area (Å²) in [7, 11) is 0. The number of nitrogens with zero attached hydrogens (tertiary/aromatic N) is 4. The number of aromatic amines is 1. The van der Waals surface area contributed by atoms with Crippen LogP contribution in [-0.2, 0) is 29.0 Å². The van der Waals surface area contributed by atoms with Gasteiger partial charge in [-0.3, -0.25) is 9.88 Å². The van der Waals surface area contributed by atoms with Gasteiger partial charge < -0.3 is 19.7 Å². The number of fused-ring (bicyclic) bond motifs is 1. The van der Waals surface area contributed by atoms with E-state index in [2.05, 4.69) is 70.9 Å². The van der Waals surface area contributed by atoms with Gasteiger partial charge in [0.2, 0.25) is 0 Å². The number of aromatic nitrogens is 3. The number of benzene rings is 2. The molecule has 1 fully saturated rings. The number of carboxylic acids is 1. The Kier molecular flexibility index (Phi) is 9.02. The number of rotatable bonds is 8.